The minimum atomic E-state index is -4.26. The molecular formula is C23H25ClF3N5O2S2. The van der Waals surface area contributed by atoms with Crippen LogP contribution in [0.4, 0.5) is 24.7 Å². The second-order valence-electron chi connectivity index (χ2n) is 9.71. The summed E-state index contributed by atoms with van der Waals surface area (Å²) in [6.45, 7) is 3.87. The van der Waals surface area contributed by atoms with E-state index in [4.69, 9.17) is 11.6 Å². The summed E-state index contributed by atoms with van der Waals surface area (Å²) < 4.78 is 64.4. The van der Waals surface area contributed by atoms with Crippen LogP contribution in [0.1, 0.15) is 23.3 Å². The van der Waals surface area contributed by atoms with Crippen LogP contribution in [0.3, 0.4) is 0 Å². The quantitative estimate of drug-likeness (QED) is 0.462. The molecule has 2 aliphatic rings. The zero-order valence-corrected chi connectivity index (χ0v) is 21.9. The van der Waals surface area contributed by atoms with Crippen molar-refractivity contribution in [2.45, 2.75) is 32.0 Å². The normalized spacial score (nSPS) is 21.2. The number of aromatic nitrogens is 2. The maximum absolute atomic E-state index is 12.9. The van der Waals surface area contributed by atoms with Gasteiger partial charge in [0.05, 0.1) is 28.8 Å². The van der Waals surface area contributed by atoms with E-state index < -0.39 is 22.6 Å². The van der Waals surface area contributed by atoms with E-state index in [2.05, 4.69) is 24.5 Å². The van der Waals surface area contributed by atoms with E-state index in [0.717, 1.165) is 62.2 Å². The van der Waals surface area contributed by atoms with Gasteiger partial charge < -0.3 is 4.90 Å². The number of hydrogen-bond donors (Lipinski definition) is 1. The number of thiophene rings is 1. The molecule has 1 atom stereocenters. The molecular weight excluding hydrogens is 535 g/mol. The third-order valence-electron chi connectivity index (χ3n) is 6.76. The number of benzene rings is 1. The van der Waals surface area contributed by atoms with E-state index in [1.165, 1.54) is 6.33 Å². The Morgan fingerprint density at radius 3 is 2.72 bits per heavy atom. The van der Waals surface area contributed by atoms with Gasteiger partial charge in [0.2, 0.25) is 10.0 Å². The molecule has 1 unspecified atom stereocenters. The largest absolute Gasteiger partial charge is 0.393 e. The molecule has 2 aliphatic heterocycles. The molecule has 0 aliphatic carbocycles. The topological polar surface area (TPSA) is 78.4 Å². The number of halogens is 4. The molecule has 4 heterocycles. The lowest BCUT2D eigenvalue weighted by molar-refractivity contribution is -0.126. The van der Waals surface area contributed by atoms with Crippen LogP contribution < -0.4 is 9.62 Å². The SMILES string of the molecule is CS(=O)(=O)Nc1cccc(CN2CCC3(CCN(c4ncnc5sc(CC(F)(F)F)cc45)C3)C2)c1Cl. The molecule has 2 aromatic heterocycles. The number of rotatable bonds is 6. The first-order valence-corrected chi connectivity index (χ1v) is 14.5. The van der Waals surface area contributed by atoms with Crippen LogP contribution >= 0.6 is 22.9 Å². The summed E-state index contributed by atoms with van der Waals surface area (Å²) in [4.78, 5) is 13.9. The number of nitrogens with zero attached hydrogens (tertiary/aromatic N) is 4. The summed E-state index contributed by atoms with van der Waals surface area (Å²) >= 11 is 7.57. The molecule has 0 bridgehead atoms. The van der Waals surface area contributed by atoms with Crippen molar-refractivity contribution in [3.05, 3.63) is 46.1 Å². The van der Waals surface area contributed by atoms with Crippen molar-refractivity contribution in [3.63, 3.8) is 0 Å². The van der Waals surface area contributed by atoms with Crippen LogP contribution in [0.15, 0.2) is 30.6 Å². The third kappa shape index (κ3) is 5.56. The standard InChI is InChI=1S/C23H25ClF3N5O2S2/c1-36(33,34)30-18-4-2-3-15(19(18)24)11-31-7-5-22(12-31)6-8-32(13-22)20-17-9-16(10-23(25,26)27)35-21(17)29-14-28-20/h2-4,9,14,30H,5-8,10-13H2,1H3. The monoisotopic (exact) mass is 559 g/mol. The van der Waals surface area contributed by atoms with Crippen molar-refractivity contribution in [1.82, 2.24) is 14.9 Å². The highest BCUT2D eigenvalue weighted by atomic mass is 35.5. The van der Waals surface area contributed by atoms with Crippen molar-refractivity contribution in [3.8, 4) is 0 Å². The van der Waals surface area contributed by atoms with Gasteiger partial charge >= 0.3 is 6.18 Å². The Kier molecular flexibility index (Phi) is 6.59. The Balaban J connectivity index is 1.29. The molecule has 0 amide bonds. The zero-order valence-electron chi connectivity index (χ0n) is 19.5. The van der Waals surface area contributed by atoms with Gasteiger partial charge in [-0.2, -0.15) is 13.2 Å². The lowest BCUT2D eigenvalue weighted by Crippen LogP contribution is -2.31. The van der Waals surface area contributed by atoms with Gasteiger partial charge in [0.15, 0.2) is 0 Å². The first-order valence-electron chi connectivity index (χ1n) is 11.4. The minimum Gasteiger partial charge on any atom is -0.355 e. The number of likely N-dealkylation sites (tertiary alicyclic amines) is 1. The van der Waals surface area contributed by atoms with E-state index in [9.17, 15) is 21.6 Å². The molecule has 36 heavy (non-hydrogen) atoms. The van der Waals surface area contributed by atoms with E-state index in [1.807, 2.05) is 6.07 Å². The molecule has 7 nitrogen and oxygen atoms in total. The number of sulfonamides is 1. The first-order chi connectivity index (χ1) is 16.9. The molecule has 1 aromatic carbocycles. The highest BCUT2D eigenvalue weighted by molar-refractivity contribution is 7.92. The maximum atomic E-state index is 12.9. The molecule has 0 radical (unpaired) electrons. The van der Waals surface area contributed by atoms with Crippen molar-refractivity contribution in [1.29, 1.82) is 0 Å². The summed E-state index contributed by atoms with van der Waals surface area (Å²) in [6, 6.07) is 6.90. The van der Waals surface area contributed by atoms with Crippen LogP contribution in [0.25, 0.3) is 10.2 Å². The van der Waals surface area contributed by atoms with Gasteiger partial charge in [0.1, 0.15) is 17.0 Å². The summed E-state index contributed by atoms with van der Waals surface area (Å²) in [5.41, 5.74) is 1.27. The van der Waals surface area contributed by atoms with E-state index in [0.29, 0.717) is 33.3 Å². The van der Waals surface area contributed by atoms with Gasteiger partial charge in [-0.15, -0.1) is 11.3 Å². The highest BCUT2D eigenvalue weighted by Crippen LogP contribution is 2.43. The van der Waals surface area contributed by atoms with Crippen LogP contribution in [0.5, 0.6) is 0 Å². The average molecular weight is 560 g/mol. The van der Waals surface area contributed by atoms with Gasteiger partial charge in [-0.1, -0.05) is 23.7 Å². The predicted molar refractivity (Wildman–Crippen MR) is 136 cm³/mol. The van der Waals surface area contributed by atoms with Crippen LogP contribution in [0, 0.1) is 5.41 Å². The van der Waals surface area contributed by atoms with Gasteiger partial charge in [-0.25, -0.2) is 18.4 Å². The molecule has 2 saturated heterocycles. The molecule has 194 valence electrons. The van der Waals surface area contributed by atoms with Gasteiger partial charge in [-0.3, -0.25) is 9.62 Å². The molecule has 1 spiro atoms. The van der Waals surface area contributed by atoms with Gasteiger partial charge in [0, 0.05) is 36.5 Å². The Labute approximate surface area is 216 Å². The Bertz CT molecular complexity index is 1400. The van der Waals surface area contributed by atoms with Gasteiger partial charge in [0.25, 0.3) is 0 Å². The zero-order chi connectivity index (χ0) is 25.7. The lowest BCUT2D eigenvalue weighted by Gasteiger charge is -2.25. The predicted octanol–water partition coefficient (Wildman–Crippen LogP) is 4.92. The second kappa shape index (κ2) is 9.30. The highest BCUT2D eigenvalue weighted by Gasteiger charge is 2.44. The molecule has 2 fully saturated rings. The maximum Gasteiger partial charge on any atom is 0.393 e. The van der Waals surface area contributed by atoms with E-state index in [-0.39, 0.29) is 10.3 Å². The first kappa shape index (κ1) is 25.5. The van der Waals surface area contributed by atoms with Crippen LogP contribution in [0.2, 0.25) is 5.02 Å². The summed E-state index contributed by atoms with van der Waals surface area (Å²) in [5, 5.41) is 1.07. The summed E-state index contributed by atoms with van der Waals surface area (Å²) in [7, 11) is -3.44. The fourth-order valence-corrected chi connectivity index (χ4v) is 7.14. The third-order valence-corrected chi connectivity index (χ3v) is 8.84. The fourth-order valence-electron chi connectivity index (χ4n) is 5.26. The van der Waals surface area contributed by atoms with Crippen molar-refractivity contribution >= 4 is 54.7 Å². The Hall–Kier alpha value is -2.15. The number of nitrogens with one attached hydrogen (secondary N) is 1. The number of anilines is 2. The van der Waals surface area contributed by atoms with Crippen molar-refractivity contribution < 1.29 is 21.6 Å². The van der Waals surface area contributed by atoms with E-state index >= 15 is 0 Å². The molecule has 0 saturated carbocycles. The smallest absolute Gasteiger partial charge is 0.355 e. The number of hydrogen-bond acceptors (Lipinski definition) is 7. The van der Waals surface area contributed by atoms with Crippen molar-refractivity contribution in [2.75, 3.05) is 42.1 Å². The number of fused-ring (bicyclic) bond motifs is 1. The van der Waals surface area contributed by atoms with Crippen molar-refractivity contribution in [2.24, 2.45) is 5.41 Å². The Morgan fingerprint density at radius 1 is 1.19 bits per heavy atom. The summed E-state index contributed by atoms with van der Waals surface area (Å²) in [6.07, 6.45) is -0.766. The van der Waals surface area contributed by atoms with E-state index in [1.54, 1.807) is 18.2 Å². The minimum absolute atomic E-state index is 0.0528. The summed E-state index contributed by atoms with van der Waals surface area (Å²) in [5.74, 6) is 0.697. The number of alkyl halides is 3. The average Bonchev–Trinajstić information content (AvgIpc) is 3.47. The van der Waals surface area contributed by atoms with Gasteiger partial charge in [-0.05, 0) is 37.1 Å². The molecule has 13 heteroatoms. The second-order valence-corrected chi connectivity index (χ2v) is 12.9. The molecule has 1 N–H and O–H groups in total. The molecule has 3 aromatic rings. The fraction of sp³-hybridized carbons (Fsp3) is 0.478. The Morgan fingerprint density at radius 2 is 1.97 bits per heavy atom. The molecule has 5 rings (SSSR count). The van der Waals surface area contributed by atoms with Crippen LogP contribution in [-0.2, 0) is 23.0 Å². The van der Waals surface area contributed by atoms with Crippen LogP contribution in [-0.4, -0.2) is 61.9 Å². The lowest BCUT2D eigenvalue weighted by atomic mass is 9.86.